The van der Waals surface area contributed by atoms with E-state index in [4.69, 9.17) is 0 Å². The van der Waals surface area contributed by atoms with Crippen molar-refractivity contribution in [1.29, 1.82) is 0 Å². The Labute approximate surface area is 161 Å². The van der Waals surface area contributed by atoms with Gasteiger partial charge in [0.15, 0.2) is 0 Å². The zero-order chi connectivity index (χ0) is 18.4. The van der Waals surface area contributed by atoms with Crippen molar-refractivity contribution in [1.82, 2.24) is 4.98 Å². The van der Waals surface area contributed by atoms with Gasteiger partial charge >= 0.3 is 0 Å². The normalized spacial score (nSPS) is 15.8. The van der Waals surface area contributed by atoms with E-state index in [1.165, 1.54) is 64.4 Å². The van der Waals surface area contributed by atoms with E-state index < -0.39 is 0 Å². The molecule has 1 aliphatic heterocycles. The third kappa shape index (κ3) is 2.52. The summed E-state index contributed by atoms with van der Waals surface area (Å²) in [5.41, 5.74) is 7.00. The number of aromatic amines is 1. The van der Waals surface area contributed by atoms with Crippen molar-refractivity contribution in [3.63, 3.8) is 0 Å². The molecule has 5 rings (SSSR count). The molecule has 0 aromatic heterocycles. The van der Waals surface area contributed by atoms with Crippen LogP contribution in [0.4, 0.5) is 0 Å². The number of rotatable bonds is 3. The summed E-state index contributed by atoms with van der Waals surface area (Å²) in [5, 5.41) is 2.82. The number of pyridine rings is 1. The quantitative estimate of drug-likeness (QED) is 0.395. The molecule has 1 heterocycles. The molecular formula is C26H27N. The van der Waals surface area contributed by atoms with Gasteiger partial charge in [0.2, 0.25) is 0 Å². The molecule has 1 nitrogen and oxygen atoms in total. The van der Waals surface area contributed by atoms with Crippen LogP contribution in [-0.2, 0) is 5.41 Å². The number of fused-ring (bicyclic) bond motifs is 3. The van der Waals surface area contributed by atoms with Crippen molar-refractivity contribution in [3.05, 3.63) is 72.4 Å². The molecule has 1 N–H and O–H groups in total. The summed E-state index contributed by atoms with van der Waals surface area (Å²) in [5.74, 6) is 0.764. The molecule has 0 amide bonds. The summed E-state index contributed by atoms with van der Waals surface area (Å²) in [7, 11) is 0. The van der Waals surface area contributed by atoms with Gasteiger partial charge in [-0.05, 0) is 57.7 Å². The van der Waals surface area contributed by atoms with Gasteiger partial charge < -0.3 is 4.98 Å². The van der Waals surface area contributed by atoms with Gasteiger partial charge in [0.05, 0.1) is 5.69 Å². The monoisotopic (exact) mass is 353 g/mol. The Morgan fingerprint density at radius 1 is 0.815 bits per heavy atom. The Hall–Kier alpha value is -2.54. The van der Waals surface area contributed by atoms with Gasteiger partial charge in [-0.15, -0.1) is 0 Å². The van der Waals surface area contributed by atoms with E-state index >= 15 is 0 Å². The lowest BCUT2D eigenvalue weighted by molar-refractivity contribution is 0.328. The summed E-state index contributed by atoms with van der Waals surface area (Å²) < 4.78 is 0. The van der Waals surface area contributed by atoms with Gasteiger partial charge in [-0.1, -0.05) is 81.3 Å². The number of H-pyrrole nitrogens is 1. The van der Waals surface area contributed by atoms with Crippen LogP contribution < -0.4 is 0 Å². The number of benzene rings is 2. The van der Waals surface area contributed by atoms with Crippen molar-refractivity contribution in [2.45, 2.75) is 44.9 Å². The second-order valence-electron chi connectivity index (χ2n) is 8.63. The highest BCUT2D eigenvalue weighted by Gasteiger charge is 2.38. The van der Waals surface area contributed by atoms with Crippen LogP contribution in [0, 0.1) is 5.92 Å². The van der Waals surface area contributed by atoms with Crippen LogP contribution in [0.3, 0.4) is 0 Å². The third-order valence-electron chi connectivity index (χ3n) is 6.81. The fraction of sp³-hybridized carbons (Fsp3) is 0.308. The molecule has 0 saturated heterocycles. The minimum Gasteiger partial charge on any atom is -0.361 e. The summed E-state index contributed by atoms with van der Waals surface area (Å²) in [4.78, 5) is 3.62. The first kappa shape index (κ1) is 16.6. The number of nitrogens with one attached hydrogen (secondary N) is 1. The van der Waals surface area contributed by atoms with Gasteiger partial charge in [0.1, 0.15) is 0 Å². The van der Waals surface area contributed by atoms with Crippen molar-refractivity contribution >= 4 is 10.8 Å². The highest BCUT2D eigenvalue weighted by Crippen LogP contribution is 2.51. The molecule has 27 heavy (non-hydrogen) atoms. The molecule has 1 fully saturated rings. The van der Waals surface area contributed by atoms with Gasteiger partial charge in [0, 0.05) is 11.8 Å². The first-order chi connectivity index (χ1) is 13.2. The summed E-state index contributed by atoms with van der Waals surface area (Å²) in [6, 6.07) is 22.1. The minimum absolute atomic E-state index is 0.170. The fourth-order valence-electron chi connectivity index (χ4n) is 5.42. The van der Waals surface area contributed by atoms with Crippen molar-refractivity contribution < 1.29 is 0 Å². The third-order valence-corrected chi connectivity index (χ3v) is 6.81. The molecule has 136 valence electrons. The Balaban J connectivity index is 1.84. The predicted molar refractivity (Wildman–Crippen MR) is 115 cm³/mol. The minimum atomic E-state index is 0.170. The smallest absolute Gasteiger partial charge is 0.0504 e. The maximum Gasteiger partial charge on any atom is 0.0504 e. The Kier molecular flexibility index (Phi) is 3.86. The van der Waals surface area contributed by atoms with E-state index in [-0.39, 0.29) is 5.41 Å². The molecule has 0 bridgehead atoms. The maximum atomic E-state index is 3.62. The molecule has 2 aliphatic carbocycles. The number of aromatic nitrogens is 1. The second kappa shape index (κ2) is 6.27. The van der Waals surface area contributed by atoms with Crippen LogP contribution in [0.1, 0.15) is 45.1 Å². The largest absolute Gasteiger partial charge is 0.361 e. The lowest BCUT2D eigenvalue weighted by Gasteiger charge is -2.33. The molecule has 0 spiro atoms. The van der Waals surface area contributed by atoms with Crippen molar-refractivity contribution in [2.24, 2.45) is 5.92 Å². The molecule has 1 saturated carbocycles. The second-order valence-corrected chi connectivity index (χ2v) is 8.63. The molecule has 3 aliphatic rings. The van der Waals surface area contributed by atoms with E-state index in [2.05, 4.69) is 85.7 Å². The van der Waals surface area contributed by atoms with Crippen molar-refractivity contribution in [3.8, 4) is 22.4 Å². The highest BCUT2D eigenvalue weighted by molar-refractivity contribution is 6.12. The molecule has 2 aromatic carbocycles. The topological polar surface area (TPSA) is 15.8 Å². The van der Waals surface area contributed by atoms with E-state index in [1.54, 1.807) is 0 Å². The lowest BCUT2D eigenvalue weighted by Crippen LogP contribution is -2.27. The standard InChI is InChI=1S/C26H27N/c1-26(2,19-12-6-7-13-19)24-21-15-8-14-20(18-10-4-3-5-11-18)23(21)22-16-9-17-27-25(22)24/h3-5,8-11,14-17,19,27H,6-7,12-13H2,1-2H3. The van der Waals surface area contributed by atoms with Gasteiger partial charge in [-0.2, -0.15) is 0 Å². The summed E-state index contributed by atoms with van der Waals surface area (Å²) in [6.07, 6.45) is 7.55. The Morgan fingerprint density at radius 3 is 2.33 bits per heavy atom. The van der Waals surface area contributed by atoms with E-state index in [9.17, 15) is 0 Å². The first-order valence-corrected chi connectivity index (χ1v) is 10.3. The zero-order valence-electron chi connectivity index (χ0n) is 16.3. The van der Waals surface area contributed by atoms with E-state index in [1.807, 2.05) is 0 Å². The Morgan fingerprint density at radius 2 is 1.56 bits per heavy atom. The predicted octanol–water partition coefficient (Wildman–Crippen LogP) is 7.41. The van der Waals surface area contributed by atoms with Gasteiger partial charge in [-0.3, -0.25) is 0 Å². The molecular weight excluding hydrogens is 326 g/mol. The number of hydrogen-bond donors (Lipinski definition) is 1. The SMILES string of the molecule is CC(C)(c1c2[nH]cccc-2c2c(-c3ccccc3)cccc12)C1CCCC1. The highest BCUT2D eigenvalue weighted by atomic mass is 14.7. The van der Waals surface area contributed by atoms with Crippen LogP contribution in [0.25, 0.3) is 33.2 Å². The fourth-order valence-corrected chi connectivity index (χ4v) is 5.42. The average molecular weight is 354 g/mol. The van der Waals surface area contributed by atoms with Crippen LogP contribution in [0.2, 0.25) is 0 Å². The van der Waals surface area contributed by atoms with E-state index in [0.717, 1.165) is 5.92 Å². The van der Waals surface area contributed by atoms with Crippen LogP contribution in [-0.4, -0.2) is 4.98 Å². The van der Waals surface area contributed by atoms with Crippen molar-refractivity contribution in [2.75, 3.05) is 0 Å². The summed E-state index contributed by atoms with van der Waals surface area (Å²) in [6.45, 7) is 4.93. The first-order valence-electron chi connectivity index (χ1n) is 10.3. The van der Waals surface area contributed by atoms with Gasteiger partial charge in [0.25, 0.3) is 0 Å². The lowest BCUT2D eigenvalue weighted by atomic mass is 9.71. The van der Waals surface area contributed by atoms with Crippen LogP contribution in [0.5, 0.6) is 0 Å². The van der Waals surface area contributed by atoms with Gasteiger partial charge in [-0.25, -0.2) is 0 Å². The molecule has 0 radical (unpaired) electrons. The Bertz CT molecular complexity index is 1050. The van der Waals surface area contributed by atoms with Crippen LogP contribution >= 0.6 is 0 Å². The average Bonchev–Trinajstić information content (AvgIpc) is 3.35. The molecule has 1 heteroatoms. The van der Waals surface area contributed by atoms with Crippen LogP contribution in [0.15, 0.2) is 66.9 Å². The molecule has 0 unspecified atom stereocenters. The molecule has 2 aromatic rings. The summed E-state index contributed by atoms with van der Waals surface area (Å²) >= 11 is 0. The molecule has 0 atom stereocenters. The maximum absolute atomic E-state index is 3.62. The number of hydrogen-bond acceptors (Lipinski definition) is 0. The van der Waals surface area contributed by atoms with E-state index in [0.29, 0.717) is 0 Å². The zero-order valence-corrected chi connectivity index (χ0v) is 16.3.